The molecule has 4 nitrogen and oxygen atoms in total. The van der Waals surface area contributed by atoms with Crippen LogP contribution >= 0.6 is 0 Å². The number of hydrogen-bond acceptors (Lipinski definition) is 4. The smallest absolute Gasteiger partial charge is 0.126 e. The van der Waals surface area contributed by atoms with Gasteiger partial charge < -0.3 is 15.6 Å². The summed E-state index contributed by atoms with van der Waals surface area (Å²) in [6.07, 6.45) is 0.569. The van der Waals surface area contributed by atoms with Crippen molar-refractivity contribution in [2.45, 2.75) is 18.5 Å². The molecule has 1 aromatic carbocycles. The second-order valence-corrected chi connectivity index (χ2v) is 5.05. The summed E-state index contributed by atoms with van der Waals surface area (Å²) in [6.45, 7) is 2.55. The molecule has 2 atom stereocenters. The van der Waals surface area contributed by atoms with Gasteiger partial charge >= 0.3 is 0 Å². The third kappa shape index (κ3) is 3.96. The van der Waals surface area contributed by atoms with Crippen LogP contribution in [0, 0.1) is 11.6 Å². The van der Waals surface area contributed by atoms with Gasteiger partial charge in [-0.05, 0) is 24.1 Å². The van der Waals surface area contributed by atoms with Crippen molar-refractivity contribution in [3.05, 3.63) is 35.4 Å². The molecule has 0 aromatic heterocycles. The molecule has 2 unspecified atom stereocenters. The molecule has 0 bridgehead atoms. The van der Waals surface area contributed by atoms with Gasteiger partial charge in [0.25, 0.3) is 0 Å². The molecule has 0 radical (unpaired) electrons. The molecule has 1 fully saturated rings. The van der Waals surface area contributed by atoms with Crippen LogP contribution in [0.3, 0.4) is 0 Å². The molecule has 0 saturated carbocycles. The summed E-state index contributed by atoms with van der Waals surface area (Å²) in [5.41, 5.74) is 6.44. The average Bonchev–Trinajstić information content (AvgIpc) is 2.44. The van der Waals surface area contributed by atoms with E-state index in [0.717, 1.165) is 12.6 Å². The largest absolute Gasteiger partial charge is 0.395 e. The number of halogens is 2. The summed E-state index contributed by atoms with van der Waals surface area (Å²) >= 11 is 0. The summed E-state index contributed by atoms with van der Waals surface area (Å²) in [5.74, 6) is -1.23. The lowest BCUT2D eigenvalue weighted by Gasteiger charge is -2.35. The van der Waals surface area contributed by atoms with Crippen molar-refractivity contribution >= 4 is 0 Å². The van der Waals surface area contributed by atoms with Crippen molar-refractivity contribution in [1.29, 1.82) is 0 Å². The maximum Gasteiger partial charge on any atom is 0.126 e. The molecule has 1 aromatic rings. The highest BCUT2D eigenvalue weighted by atomic mass is 19.1. The Labute approximate surface area is 117 Å². The van der Waals surface area contributed by atoms with E-state index in [-0.39, 0.29) is 12.6 Å². The van der Waals surface area contributed by atoms with E-state index in [9.17, 15) is 13.9 Å². The van der Waals surface area contributed by atoms with Crippen molar-refractivity contribution in [3.63, 3.8) is 0 Å². The molecule has 6 heteroatoms. The third-order valence-corrected chi connectivity index (χ3v) is 3.60. The second-order valence-electron chi connectivity index (χ2n) is 5.05. The van der Waals surface area contributed by atoms with Crippen molar-refractivity contribution in [3.8, 4) is 0 Å². The fourth-order valence-electron chi connectivity index (χ4n) is 2.41. The van der Waals surface area contributed by atoms with Crippen molar-refractivity contribution in [2.75, 3.05) is 32.9 Å². The number of benzene rings is 1. The number of aliphatic hydroxyl groups is 1. The molecule has 0 amide bonds. The first kappa shape index (κ1) is 15.3. The number of hydrogen-bond donors (Lipinski definition) is 2. The predicted octanol–water partition coefficient (Wildman–Crippen LogP) is 1.05. The molecule has 1 saturated heterocycles. The van der Waals surface area contributed by atoms with E-state index in [2.05, 4.69) is 4.90 Å². The molecule has 0 spiro atoms. The van der Waals surface area contributed by atoms with Crippen LogP contribution < -0.4 is 5.73 Å². The van der Waals surface area contributed by atoms with Gasteiger partial charge in [0.2, 0.25) is 0 Å². The van der Waals surface area contributed by atoms with Gasteiger partial charge in [-0.15, -0.1) is 0 Å². The van der Waals surface area contributed by atoms with Gasteiger partial charge in [0.05, 0.1) is 25.9 Å². The summed E-state index contributed by atoms with van der Waals surface area (Å²) in [6, 6.07) is 2.90. The monoisotopic (exact) mass is 286 g/mol. The minimum atomic E-state index is -0.616. The van der Waals surface area contributed by atoms with E-state index >= 15 is 0 Å². The average molecular weight is 286 g/mol. The molecule has 3 N–H and O–H groups in total. The lowest BCUT2D eigenvalue weighted by molar-refractivity contribution is -0.0282. The zero-order valence-corrected chi connectivity index (χ0v) is 11.3. The van der Waals surface area contributed by atoms with Crippen LogP contribution in [0.1, 0.15) is 18.0 Å². The Hall–Kier alpha value is -1.08. The summed E-state index contributed by atoms with van der Waals surface area (Å²) in [5, 5.41) is 9.26. The number of morpholine rings is 1. The SMILES string of the molecule is NC(CCN1CCOCC1CO)c1cc(F)cc(F)c1. The quantitative estimate of drug-likeness (QED) is 0.849. The normalized spacial score (nSPS) is 21.9. The first-order valence-electron chi connectivity index (χ1n) is 6.74. The van der Waals surface area contributed by atoms with Crippen LogP contribution in [0.15, 0.2) is 18.2 Å². The van der Waals surface area contributed by atoms with Crippen molar-refractivity contribution < 1.29 is 18.6 Å². The van der Waals surface area contributed by atoms with Gasteiger partial charge in [0.1, 0.15) is 11.6 Å². The van der Waals surface area contributed by atoms with Crippen molar-refractivity contribution in [2.24, 2.45) is 5.73 Å². The first-order chi connectivity index (χ1) is 9.60. The molecule has 1 heterocycles. The van der Waals surface area contributed by atoms with Gasteiger partial charge in [-0.3, -0.25) is 4.90 Å². The number of ether oxygens (including phenoxy) is 1. The van der Waals surface area contributed by atoms with Crippen LogP contribution in [0.4, 0.5) is 8.78 Å². The summed E-state index contributed by atoms with van der Waals surface area (Å²) in [4.78, 5) is 2.10. The topological polar surface area (TPSA) is 58.7 Å². The lowest BCUT2D eigenvalue weighted by Crippen LogP contribution is -2.48. The van der Waals surface area contributed by atoms with Gasteiger partial charge in [-0.1, -0.05) is 0 Å². The first-order valence-corrected chi connectivity index (χ1v) is 6.74. The Balaban J connectivity index is 1.92. The van der Waals surface area contributed by atoms with E-state index < -0.39 is 17.7 Å². The van der Waals surface area contributed by atoms with Gasteiger partial charge in [0, 0.05) is 25.2 Å². The van der Waals surface area contributed by atoms with Gasteiger partial charge in [-0.25, -0.2) is 8.78 Å². The Morgan fingerprint density at radius 1 is 1.35 bits per heavy atom. The van der Waals surface area contributed by atoms with Crippen LogP contribution in [0.5, 0.6) is 0 Å². The fourth-order valence-corrected chi connectivity index (χ4v) is 2.41. The Kier molecular flexibility index (Phi) is 5.42. The molecule has 1 aliphatic heterocycles. The predicted molar refractivity (Wildman–Crippen MR) is 71.2 cm³/mol. The zero-order chi connectivity index (χ0) is 14.5. The molecular formula is C14H20F2N2O2. The maximum atomic E-state index is 13.1. The van der Waals surface area contributed by atoms with E-state index in [1.807, 2.05) is 0 Å². The molecule has 20 heavy (non-hydrogen) atoms. The maximum absolute atomic E-state index is 13.1. The van der Waals surface area contributed by atoms with Crippen LogP contribution in [-0.2, 0) is 4.74 Å². The summed E-state index contributed by atoms with van der Waals surface area (Å²) in [7, 11) is 0. The highest BCUT2D eigenvalue weighted by molar-refractivity contribution is 5.21. The lowest BCUT2D eigenvalue weighted by atomic mass is 10.0. The standard InChI is InChI=1S/C14H20F2N2O2/c15-11-5-10(6-12(16)7-11)14(17)1-2-18-3-4-20-9-13(18)8-19/h5-7,13-14,19H,1-4,8-9,17H2. The van der Waals surface area contributed by atoms with Crippen LogP contribution in [-0.4, -0.2) is 49.0 Å². The van der Waals surface area contributed by atoms with E-state index in [4.69, 9.17) is 10.5 Å². The van der Waals surface area contributed by atoms with Crippen LogP contribution in [0.2, 0.25) is 0 Å². The highest BCUT2D eigenvalue weighted by Gasteiger charge is 2.22. The Morgan fingerprint density at radius 3 is 2.70 bits per heavy atom. The third-order valence-electron chi connectivity index (χ3n) is 3.60. The van der Waals surface area contributed by atoms with E-state index in [1.54, 1.807) is 0 Å². The van der Waals surface area contributed by atoms with Gasteiger partial charge in [-0.2, -0.15) is 0 Å². The Bertz CT molecular complexity index is 425. The Morgan fingerprint density at radius 2 is 2.05 bits per heavy atom. The molecule has 0 aliphatic carbocycles. The summed E-state index contributed by atoms with van der Waals surface area (Å²) < 4.78 is 31.6. The number of nitrogens with two attached hydrogens (primary N) is 1. The zero-order valence-electron chi connectivity index (χ0n) is 11.3. The number of nitrogens with zero attached hydrogens (tertiary/aromatic N) is 1. The van der Waals surface area contributed by atoms with Crippen LogP contribution in [0.25, 0.3) is 0 Å². The molecule has 2 rings (SSSR count). The van der Waals surface area contributed by atoms with Gasteiger partial charge in [0.15, 0.2) is 0 Å². The highest BCUT2D eigenvalue weighted by Crippen LogP contribution is 2.18. The minimum absolute atomic E-state index is 0.0276. The molecule has 1 aliphatic rings. The van der Waals surface area contributed by atoms with E-state index in [1.165, 1.54) is 12.1 Å². The number of rotatable bonds is 5. The second kappa shape index (κ2) is 7.08. The minimum Gasteiger partial charge on any atom is -0.395 e. The molecule has 112 valence electrons. The fraction of sp³-hybridized carbons (Fsp3) is 0.571. The van der Waals surface area contributed by atoms with E-state index in [0.29, 0.717) is 31.7 Å². The molecular weight excluding hydrogens is 266 g/mol. The number of aliphatic hydroxyl groups excluding tert-OH is 1. The van der Waals surface area contributed by atoms with Crippen molar-refractivity contribution in [1.82, 2.24) is 4.90 Å².